The zero-order valence-electron chi connectivity index (χ0n) is 13.3. The SMILES string of the molecule is COc1cc(Nc2nccc(-c3cnc4ncccn34)n2)ccc1O. The molecule has 3 heterocycles. The molecule has 8 heteroatoms. The van der Waals surface area contributed by atoms with E-state index in [0.29, 0.717) is 28.9 Å². The predicted octanol–water partition coefficient (Wildman–Crippen LogP) is 2.64. The maximum Gasteiger partial charge on any atom is 0.234 e. The van der Waals surface area contributed by atoms with Gasteiger partial charge in [0.25, 0.3) is 0 Å². The molecule has 0 atom stereocenters. The molecule has 0 aliphatic heterocycles. The lowest BCUT2D eigenvalue weighted by molar-refractivity contribution is 0.374. The first-order valence-corrected chi connectivity index (χ1v) is 7.50. The summed E-state index contributed by atoms with van der Waals surface area (Å²) in [6.45, 7) is 0. The second-order valence-corrected chi connectivity index (χ2v) is 5.21. The van der Waals surface area contributed by atoms with Crippen LogP contribution in [0, 0.1) is 0 Å². The number of phenols is 1. The van der Waals surface area contributed by atoms with E-state index in [0.717, 1.165) is 5.69 Å². The highest BCUT2D eigenvalue weighted by Gasteiger charge is 2.09. The highest BCUT2D eigenvalue weighted by atomic mass is 16.5. The summed E-state index contributed by atoms with van der Waals surface area (Å²) in [6, 6.07) is 8.57. The highest BCUT2D eigenvalue weighted by Crippen LogP contribution is 2.29. The van der Waals surface area contributed by atoms with Crippen LogP contribution in [-0.2, 0) is 0 Å². The van der Waals surface area contributed by atoms with E-state index in [2.05, 4.69) is 25.3 Å². The third-order valence-electron chi connectivity index (χ3n) is 3.64. The lowest BCUT2D eigenvalue weighted by Crippen LogP contribution is -1.99. The number of hydrogen-bond donors (Lipinski definition) is 2. The van der Waals surface area contributed by atoms with Gasteiger partial charge in [0.2, 0.25) is 11.7 Å². The van der Waals surface area contributed by atoms with Crippen LogP contribution in [0.15, 0.2) is 55.1 Å². The van der Waals surface area contributed by atoms with Crippen molar-refractivity contribution in [2.75, 3.05) is 12.4 Å². The zero-order chi connectivity index (χ0) is 17.2. The van der Waals surface area contributed by atoms with Crippen LogP contribution in [0.1, 0.15) is 0 Å². The molecule has 3 aromatic heterocycles. The lowest BCUT2D eigenvalue weighted by Gasteiger charge is -2.09. The molecule has 0 fully saturated rings. The van der Waals surface area contributed by atoms with Crippen molar-refractivity contribution in [3.05, 3.63) is 55.1 Å². The minimum absolute atomic E-state index is 0.0703. The molecule has 0 saturated carbocycles. The molecule has 4 aromatic rings. The molecule has 0 saturated heterocycles. The molecular weight excluding hydrogens is 320 g/mol. The smallest absolute Gasteiger partial charge is 0.234 e. The van der Waals surface area contributed by atoms with E-state index < -0.39 is 0 Å². The fraction of sp³-hybridized carbons (Fsp3) is 0.0588. The van der Waals surface area contributed by atoms with Crippen LogP contribution in [-0.4, -0.2) is 36.6 Å². The van der Waals surface area contributed by atoms with Gasteiger partial charge in [-0.1, -0.05) is 0 Å². The van der Waals surface area contributed by atoms with E-state index in [1.165, 1.54) is 7.11 Å². The van der Waals surface area contributed by atoms with Crippen LogP contribution in [0.25, 0.3) is 17.2 Å². The number of rotatable bonds is 4. The molecule has 124 valence electrons. The van der Waals surface area contributed by atoms with Crippen molar-refractivity contribution in [2.24, 2.45) is 0 Å². The van der Waals surface area contributed by atoms with Crippen LogP contribution in [0.5, 0.6) is 11.5 Å². The van der Waals surface area contributed by atoms with Crippen molar-refractivity contribution in [1.82, 2.24) is 24.3 Å². The minimum Gasteiger partial charge on any atom is -0.504 e. The van der Waals surface area contributed by atoms with Gasteiger partial charge >= 0.3 is 0 Å². The van der Waals surface area contributed by atoms with E-state index in [-0.39, 0.29) is 5.75 Å². The Bertz CT molecular complexity index is 1050. The molecule has 0 unspecified atom stereocenters. The standard InChI is InChI=1S/C17H14N6O2/c1-25-15-9-11(3-4-14(15)24)21-16-18-7-5-12(22-16)13-10-20-17-19-6-2-8-23(13)17/h2-10,24H,1H3,(H,18,21,22). The lowest BCUT2D eigenvalue weighted by atomic mass is 10.3. The van der Waals surface area contributed by atoms with Crippen molar-refractivity contribution < 1.29 is 9.84 Å². The Balaban J connectivity index is 1.68. The summed E-state index contributed by atoms with van der Waals surface area (Å²) in [5, 5.41) is 12.8. The number of fused-ring (bicyclic) bond motifs is 1. The number of imidazole rings is 1. The summed E-state index contributed by atoms with van der Waals surface area (Å²) in [7, 11) is 1.49. The van der Waals surface area contributed by atoms with Gasteiger partial charge in [0, 0.05) is 30.3 Å². The third kappa shape index (κ3) is 2.80. The zero-order valence-corrected chi connectivity index (χ0v) is 13.3. The normalized spacial score (nSPS) is 10.8. The molecule has 0 aliphatic rings. The number of aromatic nitrogens is 5. The number of benzene rings is 1. The molecular formula is C17H14N6O2. The average Bonchev–Trinajstić information content (AvgIpc) is 3.08. The van der Waals surface area contributed by atoms with Crippen molar-refractivity contribution in [2.45, 2.75) is 0 Å². The number of phenolic OH excluding ortho intramolecular Hbond substituents is 1. The maximum absolute atomic E-state index is 9.67. The molecule has 0 aliphatic carbocycles. The Morgan fingerprint density at radius 1 is 1.12 bits per heavy atom. The number of aromatic hydroxyl groups is 1. The van der Waals surface area contributed by atoms with Gasteiger partial charge in [-0.25, -0.2) is 19.9 Å². The average molecular weight is 334 g/mol. The van der Waals surface area contributed by atoms with E-state index in [9.17, 15) is 5.11 Å². The first-order valence-electron chi connectivity index (χ1n) is 7.50. The Hall–Kier alpha value is -3.68. The molecule has 0 spiro atoms. The van der Waals surface area contributed by atoms with Crippen LogP contribution >= 0.6 is 0 Å². The number of nitrogens with zero attached hydrogens (tertiary/aromatic N) is 5. The van der Waals surface area contributed by atoms with Crippen LogP contribution in [0.4, 0.5) is 11.6 Å². The van der Waals surface area contributed by atoms with Gasteiger partial charge in [0.05, 0.1) is 24.7 Å². The van der Waals surface area contributed by atoms with Gasteiger partial charge in [-0.05, 0) is 24.3 Å². The number of anilines is 2. The van der Waals surface area contributed by atoms with Crippen LogP contribution in [0.3, 0.4) is 0 Å². The third-order valence-corrected chi connectivity index (χ3v) is 3.64. The first-order chi connectivity index (χ1) is 12.2. The van der Waals surface area contributed by atoms with Crippen molar-refractivity contribution in [3.8, 4) is 22.9 Å². The van der Waals surface area contributed by atoms with E-state index in [1.807, 2.05) is 16.7 Å². The first kappa shape index (κ1) is 14.9. The number of methoxy groups -OCH3 is 1. The van der Waals surface area contributed by atoms with Crippen LogP contribution in [0.2, 0.25) is 0 Å². The molecule has 4 rings (SSSR count). The van der Waals surface area contributed by atoms with Gasteiger partial charge in [0.15, 0.2) is 11.5 Å². The maximum atomic E-state index is 9.67. The Morgan fingerprint density at radius 3 is 2.92 bits per heavy atom. The van der Waals surface area contributed by atoms with Gasteiger partial charge < -0.3 is 15.2 Å². The molecule has 0 radical (unpaired) electrons. The summed E-state index contributed by atoms with van der Waals surface area (Å²) in [6.07, 6.45) is 6.96. The van der Waals surface area contributed by atoms with Gasteiger partial charge in [0.1, 0.15) is 0 Å². The van der Waals surface area contributed by atoms with Crippen molar-refractivity contribution in [1.29, 1.82) is 0 Å². The molecule has 0 bridgehead atoms. The van der Waals surface area contributed by atoms with Crippen LogP contribution < -0.4 is 10.1 Å². The molecule has 2 N–H and O–H groups in total. The number of ether oxygens (including phenoxy) is 1. The quantitative estimate of drug-likeness (QED) is 0.554. The van der Waals surface area contributed by atoms with Gasteiger partial charge in [-0.15, -0.1) is 0 Å². The predicted molar refractivity (Wildman–Crippen MR) is 92.0 cm³/mol. The minimum atomic E-state index is 0.0703. The number of nitrogens with one attached hydrogen (secondary N) is 1. The summed E-state index contributed by atoms with van der Waals surface area (Å²) in [4.78, 5) is 17.2. The molecule has 8 nitrogen and oxygen atoms in total. The highest BCUT2D eigenvalue weighted by molar-refractivity contribution is 5.63. The summed E-state index contributed by atoms with van der Waals surface area (Å²) in [5.74, 6) is 1.47. The number of hydrogen-bond acceptors (Lipinski definition) is 7. The van der Waals surface area contributed by atoms with Crippen molar-refractivity contribution >= 4 is 17.4 Å². The Morgan fingerprint density at radius 2 is 2.04 bits per heavy atom. The summed E-state index contributed by atoms with van der Waals surface area (Å²) >= 11 is 0. The van der Waals surface area contributed by atoms with E-state index >= 15 is 0 Å². The van der Waals surface area contributed by atoms with E-state index in [4.69, 9.17) is 4.74 Å². The van der Waals surface area contributed by atoms with E-state index in [1.54, 1.807) is 42.9 Å². The second-order valence-electron chi connectivity index (χ2n) is 5.21. The fourth-order valence-corrected chi connectivity index (χ4v) is 2.46. The topological polar surface area (TPSA) is 97.5 Å². The van der Waals surface area contributed by atoms with Crippen molar-refractivity contribution in [3.63, 3.8) is 0 Å². The largest absolute Gasteiger partial charge is 0.504 e. The Labute approximate surface area is 142 Å². The molecule has 0 amide bonds. The Kier molecular flexibility index (Phi) is 3.62. The monoisotopic (exact) mass is 334 g/mol. The van der Waals surface area contributed by atoms with Gasteiger partial charge in [-0.2, -0.15) is 0 Å². The molecule has 25 heavy (non-hydrogen) atoms. The summed E-state index contributed by atoms with van der Waals surface area (Å²) in [5.41, 5.74) is 2.23. The molecule has 1 aromatic carbocycles. The van der Waals surface area contributed by atoms with Gasteiger partial charge in [-0.3, -0.25) is 4.40 Å². The summed E-state index contributed by atoms with van der Waals surface area (Å²) < 4.78 is 6.96. The fourth-order valence-electron chi connectivity index (χ4n) is 2.46. The second kappa shape index (κ2) is 6.08.